The van der Waals surface area contributed by atoms with Crippen LogP contribution in [0.4, 0.5) is 0 Å². The minimum Gasteiger partial charge on any atom is -0.144 e. The molecule has 2 unspecified atom stereocenters. The molecular formula is C21H20S. The Kier molecular flexibility index (Phi) is 3.38. The molecule has 0 nitrogen and oxygen atoms in total. The predicted molar refractivity (Wildman–Crippen MR) is 99.1 cm³/mol. The Bertz CT molecular complexity index is 782. The third-order valence-corrected chi connectivity index (χ3v) is 7.20. The van der Waals surface area contributed by atoms with E-state index in [2.05, 4.69) is 86.7 Å². The largest absolute Gasteiger partial charge is 0.144 e. The summed E-state index contributed by atoms with van der Waals surface area (Å²) in [4.78, 5) is 3.07. The van der Waals surface area contributed by atoms with Gasteiger partial charge in [0.1, 0.15) is 0 Å². The molecule has 22 heavy (non-hydrogen) atoms. The highest BCUT2D eigenvalue weighted by Crippen LogP contribution is 2.60. The molecule has 0 bridgehead atoms. The van der Waals surface area contributed by atoms with Crippen LogP contribution < -0.4 is 0 Å². The number of hydrogen-bond donors (Lipinski definition) is 0. The van der Waals surface area contributed by atoms with E-state index in [0.717, 1.165) is 0 Å². The quantitative estimate of drug-likeness (QED) is 0.613. The van der Waals surface area contributed by atoms with Crippen LogP contribution in [-0.2, 0) is 0 Å². The zero-order chi connectivity index (χ0) is 15.1. The number of rotatable bonds is 2. The van der Waals surface area contributed by atoms with Crippen LogP contribution in [0.25, 0.3) is 0 Å². The Morgan fingerprint density at radius 2 is 1.68 bits per heavy atom. The van der Waals surface area contributed by atoms with E-state index in [1.807, 2.05) is 0 Å². The Morgan fingerprint density at radius 3 is 2.36 bits per heavy atom. The van der Waals surface area contributed by atoms with Crippen LogP contribution in [0.5, 0.6) is 0 Å². The van der Waals surface area contributed by atoms with Crippen molar-refractivity contribution in [2.45, 2.75) is 19.1 Å². The summed E-state index contributed by atoms with van der Waals surface area (Å²) in [5.74, 6) is 0.447. The molecule has 3 aliphatic rings. The lowest BCUT2D eigenvalue weighted by Crippen LogP contribution is -2.05. The van der Waals surface area contributed by atoms with Gasteiger partial charge in [0.05, 0.1) is 5.25 Å². The lowest BCUT2D eigenvalue weighted by Gasteiger charge is -2.23. The fraction of sp³-hybridized carbons (Fsp3) is 0.190. The van der Waals surface area contributed by atoms with Gasteiger partial charge < -0.3 is 0 Å². The van der Waals surface area contributed by atoms with Crippen LogP contribution in [0.2, 0.25) is 0 Å². The van der Waals surface area contributed by atoms with E-state index in [1.54, 1.807) is 5.57 Å². The Hall–Kier alpha value is -1.86. The molecule has 1 aromatic rings. The highest BCUT2D eigenvalue weighted by Gasteiger charge is 2.37. The Morgan fingerprint density at radius 1 is 0.955 bits per heavy atom. The van der Waals surface area contributed by atoms with Crippen molar-refractivity contribution >= 4 is 15.3 Å². The summed E-state index contributed by atoms with van der Waals surface area (Å²) in [5.41, 5.74) is 4.52. The summed E-state index contributed by atoms with van der Waals surface area (Å²) in [6.07, 6.45) is 15.9. The van der Waals surface area contributed by atoms with Gasteiger partial charge in [0.2, 0.25) is 0 Å². The first-order valence-electron chi connectivity index (χ1n) is 7.83. The molecule has 0 fully saturated rings. The van der Waals surface area contributed by atoms with E-state index in [1.165, 1.54) is 20.9 Å². The summed E-state index contributed by atoms with van der Waals surface area (Å²) in [5, 5.41) is 0.495. The molecule has 1 heterocycles. The number of hydrogen-bond acceptors (Lipinski definition) is 0. The lowest BCUT2D eigenvalue weighted by molar-refractivity contribution is 0.904. The molecule has 0 aromatic heterocycles. The summed E-state index contributed by atoms with van der Waals surface area (Å²) in [6.45, 7) is 4.58. The van der Waals surface area contributed by atoms with Gasteiger partial charge in [-0.25, -0.2) is 0 Å². The van der Waals surface area contributed by atoms with Crippen molar-refractivity contribution in [1.29, 1.82) is 0 Å². The van der Waals surface area contributed by atoms with E-state index in [4.69, 9.17) is 0 Å². The molecule has 0 saturated carbocycles. The second-order valence-electron chi connectivity index (χ2n) is 6.09. The average molecular weight is 304 g/mol. The van der Waals surface area contributed by atoms with Crippen molar-refractivity contribution < 1.29 is 0 Å². The Labute approximate surface area is 135 Å². The first kappa shape index (κ1) is 13.8. The van der Waals surface area contributed by atoms with Gasteiger partial charge in [-0.1, -0.05) is 66.8 Å². The molecule has 0 radical (unpaired) electrons. The average Bonchev–Trinajstić information content (AvgIpc) is 3.23. The highest BCUT2D eigenvalue weighted by atomic mass is 32.2. The van der Waals surface area contributed by atoms with Gasteiger partial charge in [0.25, 0.3) is 0 Å². The van der Waals surface area contributed by atoms with Crippen LogP contribution in [0.3, 0.4) is 0 Å². The van der Waals surface area contributed by atoms with Crippen molar-refractivity contribution in [3.8, 4) is 0 Å². The third kappa shape index (κ3) is 2.04. The van der Waals surface area contributed by atoms with Crippen LogP contribution in [0.15, 0.2) is 88.9 Å². The minimum absolute atomic E-state index is 0.174. The summed E-state index contributed by atoms with van der Waals surface area (Å²) < 4.78 is 0. The van der Waals surface area contributed by atoms with Gasteiger partial charge in [-0.2, -0.15) is 0 Å². The smallest absolute Gasteiger partial charge is 0.0518 e. The number of fused-ring (bicyclic) bond motifs is 1. The molecule has 2 aliphatic carbocycles. The molecule has 4 rings (SSSR count). The highest BCUT2D eigenvalue weighted by molar-refractivity contribution is 8.20. The first-order valence-corrected chi connectivity index (χ1v) is 9.12. The van der Waals surface area contributed by atoms with Crippen molar-refractivity contribution in [3.05, 3.63) is 94.5 Å². The van der Waals surface area contributed by atoms with Crippen LogP contribution in [0.1, 0.15) is 24.7 Å². The van der Waals surface area contributed by atoms with E-state index >= 15 is 0 Å². The molecule has 110 valence electrons. The van der Waals surface area contributed by atoms with Crippen LogP contribution in [0, 0.1) is 5.92 Å². The molecule has 1 aliphatic heterocycles. The minimum atomic E-state index is 0.174. The van der Waals surface area contributed by atoms with Gasteiger partial charge in [-0.3, -0.25) is 0 Å². The van der Waals surface area contributed by atoms with Gasteiger partial charge >= 0.3 is 0 Å². The van der Waals surface area contributed by atoms with Gasteiger partial charge in [0, 0.05) is 10.8 Å². The monoisotopic (exact) mass is 304 g/mol. The van der Waals surface area contributed by atoms with Crippen molar-refractivity contribution in [2.24, 2.45) is 5.92 Å². The summed E-state index contributed by atoms with van der Waals surface area (Å²) in [7, 11) is 0.174. The normalized spacial score (nSPS) is 26.0. The SMILES string of the molecule is CC(C)=S1C2=CC=CC2=C(C2C=CC=C2)C1c1ccccc1. The second-order valence-corrected chi connectivity index (χ2v) is 8.49. The number of benzene rings is 1. The van der Waals surface area contributed by atoms with E-state index in [9.17, 15) is 0 Å². The molecule has 1 heteroatoms. The zero-order valence-electron chi connectivity index (χ0n) is 13.0. The molecule has 0 N–H and O–H groups in total. The lowest BCUT2D eigenvalue weighted by atomic mass is 9.90. The predicted octanol–water partition coefficient (Wildman–Crippen LogP) is 5.71. The number of allylic oxidation sites excluding steroid dienone is 8. The molecule has 2 atom stereocenters. The van der Waals surface area contributed by atoms with E-state index in [-0.39, 0.29) is 10.5 Å². The van der Waals surface area contributed by atoms with Gasteiger partial charge in [-0.15, -0.1) is 10.5 Å². The van der Waals surface area contributed by atoms with Gasteiger partial charge in [-0.05, 0) is 41.5 Å². The van der Waals surface area contributed by atoms with Crippen LogP contribution in [-0.4, -0.2) is 4.86 Å². The van der Waals surface area contributed by atoms with E-state index in [0.29, 0.717) is 11.2 Å². The second kappa shape index (κ2) is 5.40. The van der Waals surface area contributed by atoms with Crippen molar-refractivity contribution in [3.63, 3.8) is 0 Å². The fourth-order valence-corrected chi connectivity index (χ4v) is 6.40. The molecule has 0 saturated heterocycles. The first-order chi connectivity index (χ1) is 10.8. The molecule has 1 aromatic carbocycles. The topological polar surface area (TPSA) is 0 Å². The maximum Gasteiger partial charge on any atom is 0.0518 e. The standard InChI is InChI=1S/C21H20S/c1-15(2)22-19-14-8-13-18(19)20(16-9-6-7-10-16)21(22)17-11-4-3-5-12-17/h3-14,16,21H,1-2H3. The zero-order valence-corrected chi connectivity index (χ0v) is 13.8. The summed E-state index contributed by atoms with van der Waals surface area (Å²) in [6, 6.07) is 11.0. The molecule has 0 spiro atoms. The van der Waals surface area contributed by atoms with Crippen LogP contribution >= 0.6 is 10.5 Å². The molecule has 0 amide bonds. The maximum atomic E-state index is 2.33. The fourth-order valence-electron chi connectivity index (χ4n) is 3.62. The Balaban J connectivity index is 1.95. The van der Waals surface area contributed by atoms with E-state index < -0.39 is 0 Å². The maximum absolute atomic E-state index is 2.33. The molecular weight excluding hydrogens is 284 g/mol. The van der Waals surface area contributed by atoms with Gasteiger partial charge in [0.15, 0.2) is 0 Å². The van der Waals surface area contributed by atoms with Crippen molar-refractivity contribution in [1.82, 2.24) is 0 Å². The van der Waals surface area contributed by atoms with Crippen molar-refractivity contribution in [2.75, 3.05) is 0 Å². The summed E-state index contributed by atoms with van der Waals surface area (Å²) >= 11 is 0. The third-order valence-electron chi connectivity index (χ3n) is 4.49.